The Labute approximate surface area is 122 Å². The molecular weight excluding hydrogens is 278 g/mol. The van der Waals surface area contributed by atoms with Crippen molar-refractivity contribution in [3.63, 3.8) is 0 Å². The van der Waals surface area contributed by atoms with E-state index in [0.29, 0.717) is 32.9 Å². The first kappa shape index (κ1) is 19.3. The highest BCUT2D eigenvalue weighted by molar-refractivity contribution is 6.60. The van der Waals surface area contributed by atoms with Gasteiger partial charge in [-0.15, -0.1) is 0 Å². The number of carbonyl (C=O) groups is 1. The third kappa shape index (κ3) is 9.27. The van der Waals surface area contributed by atoms with Gasteiger partial charge in [-0.2, -0.15) is 0 Å². The molecule has 20 heavy (non-hydrogen) atoms. The molecule has 0 aromatic carbocycles. The molecule has 0 atom stereocenters. The largest absolute Gasteiger partial charge is 0.500 e. The van der Waals surface area contributed by atoms with E-state index >= 15 is 0 Å². The Kier molecular flexibility index (Phi) is 11.7. The van der Waals surface area contributed by atoms with Crippen LogP contribution in [0.1, 0.15) is 27.2 Å². The summed E-state index contributed by atoms with van der Waals surface area (Å²) in [7, 11) is -2.51. The van der Waals surface area contributed by atoms with Crippen molar-refractivity contribution in [2.45, 2.75) is 33.2 Å². The normalized spacial score (nSPS) is 11.6. The van der Waals surface area contributed by atoms with Crippen molar-refractivity contribution in [2.24, 2.45) is 5.73 Å². The second kappa shape index (κ2) is 12.1. The summed E-state index contributed by atoms with van der Waals surface area (Å²) in [4.78, 5) is 10.5. The lowest BCUT2D eigenvalue weighted by molar-refractivity contribution is 0.0708. The van der Waals surface area contributed by atoms with Gasteiger partial charge in [0.1, 0.15) is 0 Å². The Balaban J connectivity index is 3.91. The molecule has 120 valence electrons. The Morgan fingerprint density at radius 3 is 2.00 bits per heavy atom. The van der Waals surface area contributed by atoms with Crippen molar-refractivity contribution in [1.29, 1.82) is 0 Å². The minimum absolute atomic E-state index is 0.498. The lowest BCUT2D eigenvalue weighted by Crippen LogP contribution is -2.46. The average Bonchev–Trinajstić information content (AvgIpc) is 2.38. The number of rotatable bonds is 13. The Morgan fingerprint density at radius 2 is 1.55 bits per heavy atom. The summed E-state index contributed by atoms with van der Waals surface area (Å²) in [6, 6.07) is 0.293. The van der Waals surface area contributed by atoms with Crippen molar-refractivity contribution in [2.75, 3.05) is 39.5 Å². The van der Waals surface area contributed by atoms with Gasteiger partial charge in [0, 0.05) is 39.0 Å². The molecule has 4 N–H and O–H groups in total. The first-order chi connectivity index (χ1) is 9.60. The maximum absolute atomic E-state index is 10.5. The molecule has 0 aromatic rings. The maximum atomic E-state index is 10.5. The Bertz CT molecular complexity index is 240. The average molecular weight is 307 g/mol. The van der Waals surface area contributed by atoms with Gasteiger partial charge in [0.2, 0.25) is 0 Å². The summed E-state index contributed by atoms with van der Waals surface area (Å²) in [5.41, 5.74) is 4.97. The van der Waals surface area contributed by atoms with Gasteiger partial charge < -0.3 is 29.6 Å². The van der Waals surface area contributed by atoms with Gasteiger partial charge in [0.15, 0.2) is 0 Å². The van der Waals surface area contributed by atoms with Crippen LogP contribution < -0.4 is 16.4 Å². The van der Waals surface area contributed by atoms with Crippen LogP contribution in [0.25, 0.3) is 0 Å². The van der Waals surface area contributed by atoms with Crippen molar-refractivity contribution in [1.82, 2.24) is 10.6 Å². The summed E-state index contributed by atoms with van der Waals surface area (Å²) in [6.07, 6.45) is 0.906. The predicted molar refractivity (Wildman–Crippen MR) is 80.5 cm³/mol. The zero-order chi connectivity index (χ0) is 15.3. The molecule has 2 amide bonds. The summed E-state index contributed by atoms with van der Waals surface area (Å²) in [5.74, 6) is 0. The zero-order valence-electron chi connectivity index (χ0n) is 12.9. The SMILES string of the molecule is CCO[Si](CCCNCCNC(N)=O)(OCC)OCC. The monoisotopic (exact) mass is 307 g/mol. The summed E-state index contributed by atoms with van der Waals surface area (Å²) in [5, 5.41) is 5.75. The molecule has 0 unspecified atom stereocenters. The molecule has 7 nitrogen and oxygen atoms in total. The van der Waals surface area contributed by atoms with E-state index in [1.807, 2.05) is 20.8 Å². The van der Waals surface area contributed by atoms with Crippen molar-refractivity contribution < 1.29 is 18.1 Å². The first-order valence-electron chi connectivity index (χ1n) is 7.26. The van der Waals surface area contributed by atoms with Crippen LogP contribution in [0.4, 0.5) is 4.79 Å². The second-order valence-electron chi connectivity index (χ2n) is 4.13. The number of amides is 2. The molecule has 0 aliphatic carbocycles. The molecule has 0 rings (SSSR count). The number of hydrogen-bond donors (Lipinski definition) is 3. The van der Waals surface area contributed by atoms with E-state index in [0.717, 1.165) is 19.0 Å². The standard InChI is InChI=1S/C12H29N3O4Si/c1-4-17-20(18-5-2,19-6-3)11-7-8-14-9-10-15-12(13)16/h14H,4-11H2,1-3H3,(H3,13,15,16). The highest BCUT2D eigenvalue weighted by Crippen LogP contribution is 2.17. The molecule has 0 aliphatic rings. The molecule has 0 spiro atoms. The zero-order valence-corrected chi connectivity index (χ0v) is 13.9. The van der Waals surface area contributed by atoms with E-state index in [1.54, 1.807) is 0 Å². The summed E-state index contributed by atoms with van der Waals surface area (Å²) >= 11 is 0. The molecule has 0 aliphatic heterocycles. The van der Waals surface area contributed by atoms with Gasteiger partial charge in [-0.1, -0.05) is 0 Å². The van der Waals surface area contributed by atoms with E-state index in [1.165, 1.54) is 0 Å². The number of nitrogens with one attached hydrogen (secondary N) is 2. The molecule has 0 saturated carbocycles. The predicted octanol–water partition coefficient (Wildman–Crippen LogP) is 0.683. The van der Waals surface area contributed by atoms with Crippen molar-refractivity contribution in [3.8, 4) is 0 Å². The third-order valence-corrected chi connectivity index (χ3v) is 5.68. The fraction of sp³-hybridized carbons (Fsp3) is 0.917. The van der Waals surface area contributed by atoms with E-state index in [-0.39, 0.29) is 0 Å². The lowest BCUT2D eigenvalue weighted by atomic mass is 10.4. The molecule has 0 heterocycles. The molecule has 0 bridgehead atoms. The third-order valence-electron chi connectivity index (χ3n) is 2.53. The topological polar surface area (TPSA) is 94.8 Å². The van der Waals surface area contributed by atoms with Gasteiger partial charge in [0.05, 0.1) is 0 Å². The Hall–Kier alpha value is -0.673. The van der Waals surface area contributed by atoms with Crippen LogP contribution in [-0.4, -0.2) is 54.3 Å². The van der Waals surface area contributed by atoms with Crippen LogP contribution in [0.5, 0.6) is 0 Å². The fourth-order valence-electron chi connectivity index (χ4n) is 1.83. The van der Waals surface area contributed by atoms with Gasteiger partial charge in [-0.25, -0.2) is 4.79 Å². The van der Waals surface area contributed by atoms with E-state index < -0.39 is 14.8 Å². The first-order valence-corrected chi connectivity index (χ1v) is 9.19. The quantitative estimate of drug-likeness (QED) is 0.344. The van der Waals surface area contributed by atoms with Crippen molar-refractivity contribution in [3.05, 3.63) is 0 Å². The van der Waals surface area contributed by atoms with Crippen LogP contribution in [0, 0.1) is 0 Å². The molecule has 0 aromatic heterocycles. The number of hydrogen-bond acceptors (Lipinski definition) is 5. The second-order valence-corrected chi connectivity index (χ2v) is 6.86. The van der Waals surface area contributed by atoms with Gasteiger partial charge in [-0.05, 0) is 33.7 Å². The minimum atomic E-state index is -2.51. The van der Waals surface area contributed by atoms with Crippen LogP contribution in [0.15, 0.2) is 0 Å². The minimum Gasteiger partial charge on any atom is -0.374 e. The molecule has 0 saturated heterocycles. The van der Waals surface area contributed by atoms with Gasteiger partial charge in [-0.3, -0.25) is 0 Å². The van der Waals surface area contributed by atoms with Crippen LogP contribution in [-0.2, 0) is 13.3 Å². The number of urea groups is 1. The Morgan fingerprint density at radius 1 is 1.00 bits per heavy atom. The van der Waals surface area contributed by atoms with E-state index in [9.17, 15) is 4.79 Å². The van der Waals surface area contributed by atoms with Gasteiger partial charge in [0.25, 0.3) is 0 Å². The van der Waals surface area contributed by atoms with Crippen molar-refractivity contribution >= 4 is 14.8 Å². The smallest absolute Gasteiger partial charge is 0.374 e. The van der Waals surface area contributed by atoms with Gasteiger partial charge >= 0.3 is 14.8 Å². The van der Waals surface area contributed by atoms with Crippen LogP contribution >= 0.6 is 0 Å². The van der Waals surface area contributed by atoms with E-state index in [4.69, 9.17) is 19.0 Å². The highest BCUT2D eigenvalue weighted by atomic mass is 28.4. The van der Waals surface area contributed by atoms with E-state index in [2.05, 4.69) is 10.6 Å². The maximum Gasteiger partial charge on any atom is 0.500 e. The lowest BCUT2D eigenvalue weighted by Gasteiger charge is -2.28. The highest BCUT2D eigenvalue weighted by Gasteiger charge is 2.39. The molecule has 8 heteroatoms. The fourth-order valence-corrected chi connectivity index (χ4v) is 4.44. The summed E-state index contributed by atoms with van der Waals surface area (Å²) < 4.78 is 17.3. The van der Waals surface area contributed by atoms with Crippen LogP contribution in [0.2, 0.25) is 6.04 Å². The molecule has 0 radical (unpaired) electrons. The number of nitrogens with two attached hydrogens (primary N) is 1. The summed E-state index contributed by atoms with van der Waals surface area (Å²) in [6.45, 7) is 9.69. The van der Waals surface area contributed by atoms with Crippen LogP contribution in [0.3, 0.4) is 0 Å². The number of primary amides is 1. The molecule has 0 fully saturated rings. The molecular formula is C12H29N3O4Si. The number of carbonyl (C=O) groups excluding carboxylic acids is 1.